The van der Waals surface area contributed by atoms with Crippen molar-refractivity contribution < 1.29 is 5.11 Å². The van der Waals surface area contributed by atoms with Gasteiger partial charge >= 0.3 is 0 Å². The molecule has 56 valence electrons. The average Bonchev–Trinajstić information content (AvgIpc) is 1.98. The third-order valence-corrected chi connectivity index (χ3v) is 1.10. The molecule has 0 bridgehead atoms. The largest absolute Gasteiger partial charge is 0.396 e. The summed E-state index contributed by atoms with van der Waals surface area (Å²) in [7, 11) is 1.70. The average molecular weight is 139 g/mol. The van der Waals surface area contributed by atoms with E-state index in [9.17, 15) is 0 Å². The summed E-state index contributed by atoms with van der Waals surface area (Å²) in [5.74, 6) is 0. The highest BCUT2D eigenvalue weighted by Gasteiger charge is 1.86. The fourth-order valence-electron chi connectivity index (χ4n) is 0.553. The Morgan fingerprint density at radius 3 is 2.80 bits per heavy atom. The topological polar surface area (TPSA) is 32.6 Å². The second kappa shape index (κ2) is 6.23. The minimum Gasteiger partial charge on any atom is -0.396 e. The van der Waals surface area contributed by atoms with Crippen LogP contribution in [0.2, 0.25) is 0 Å². The van der Waals surface area contributed by atoms with Crippen molar-refractivity contribution in [1.82, 2.24) is 0 Å². The number of hydrogen-bond donors (Lipinski definition) is 1. The van der Waals surface area contributed by atoms with E-state index in [-0.39, 0.29) is 6.61 Å². The summed E-state index contributed by atoms with van der Waals surface area (Å²) in [6, 6.07) is 0. The maximum absolute atomic E-state index is 8.53. The molecule has 0 saturated carbocycles. The lowest BCUT2D eigenvalue weighted by Crippen LogP contribution is -1.85. The zero-order valence-corrected chi connectivity index (χ0v) is 6.25. The van der Waals surface area contributed by atoms with Gasteiger partial charge in [-0.05, 0) is 18.1 Å². The Labute approximate surface area is 61.6 Å². The molecule has 0 aliphatic heterocycles. The van der Waals surface area contributed by atoms with Gasteiger partial charge in [-0.3, -0.25) is 4.99 Å². The van der Waals surface area contributed by atoms with E-state index in [0.29, 0.717) is 6.42 Å². The molecular formula is C8H13NO. The van der Waals surface area contributed by atoms with Crippen molar-refractivity contribution in [1.29, 1.82) is 0 Å². The Morgan fingerprint density at radius 2 is 2.40 bits per heavy atom. The highest BCUT2D eigenvalue weighted by Crippen LogP contribution is 1.98. The van der Waals surface area contributed by atoms with Crippen molar-refractivity contribution in [3.05, 3.63) is 24.3 Å². The van der Waals surface area contributed by atoms with Crippen LogP contribution in [0.1, 0.15) is 6.42 Å². The van der Waals surface area contributed by atoms with Gasteiger partial charge in [0.15, 0.2) is 0 Å². The highest BCUT2D eigenvalue weighted by molar-refractivity contribution is 5.72. The van der Waals surface area contributed by atoms with Gasteiger partial charge < -0.3 is 5.11 Å². The number of aliphatic imine (C=N–C) groups is 1. The first-order valence-electron chi connectivity index (χ1n) is 3.19. The van der Waals surface area contributed by atoms with Crippen LogP contribution in [0, 0.1) is 0 Å². The van der Waals surface area contributed by atoms with E-state index in [1.807, 2.05) is 6.08 Å². The lowest BCUT2D eigenvalue weighted by Gasteiger charge is -1.93. The molecule has 0 spiro atoms. The third kappa shape index (κ3) is 4.04. The molecule has 0 heterocycles. The predicted molar refractivity (Wildman–Crippen MR) is 44.4 cm³/mol. The zero-order valence-electron chi connectivity index (χ0n) is 6.25. The second-order valence-corrected chi connectivity index (χ2v) is 1.83. The molecule has 10 heavy (non-hydrogen) atoms. The van der Waals surface area contributed by atoms with Crippen molar-refractivity contribution in [2.24, 2.45) is 4.99 Å². The summed E-state index contributed by atoms with van der Waals surface area (Å²) in [6.07, 6.45) is 5.89. The van der Waals surface area contributed by atoms with E-state index in [0.717, 1.165) is 5.57 Å². The van der Waals surface area contributed by atoms with E-state index in [1.165, 1.54) is 0 Å². The summed E-state index contributed by atoms with van der Waals surface area (Å²) >= 11 is 0. The van der Waals surface area contributed by atoms with Crippen LogP contribution in [0.4, 0.5) is 0 Å². The Morgan fingerprint density at radius 1 is 1.70 bits per heavy atom. The standard InChI is InChI=1S/C8H13NO/c1-3-8(5-7-10)4-6-9-2/h3-4,6,10H,1,5,7H2,2H3/b8-4+,9-6?. The number of aliphatic hydroxyl groups excluding tert-OH is 1. The summed E-state index contributed by atoms with van der Waals surface area (Å²) in [5.41, 5.74) is 1.01. The zero-order chi connectivity index (χ0) is 7.82. The lowest BCUT2D eigenvalue weighted by atomic mass is 10.2. The maximum atomic E-state index is 8.53. The van der Waals surface area contributed by atoms with Crippen LogP contribution in [0.25, 0.3) is 0 Å². The number of nitrogens with zero attached hydrogens (tertiary/aromatic N) is 1. The van der Waals surface area contributed by atoms with Gasteiger partial charge in [0.25, 0.3) is 0 Å². The normalized spacial score (nSPS) is 12.4. The molecule has 0 fully saturated rings. The first-order valence-corrected chi connectivity index (χ1v) is 3.19. The summed E-state index contributed by atoms with van der Waals surface area (Å²) in [5, 5.41) is 8.53. The quantitative estimate of drug-likeness (QED) is 0.460. The van der Waals surface area contributed by atoms with Crippen LogP contribution in [-0.4, -0.2) is 25.0 Å². The van der Waals surface area contributed by atoms with Crippen LogP contribution in [0.3, 0.4) is 0 Å². The minimum atomic E-state index is 0.162. The van der Waals surface area contributed by atoms with Gasteiger partial charge in [-0.1, -0.05) is 12.7 Å². The SMILES string of the molecule is C=C/C(=C\C=NC)CCO. The van der Waals surface area contributed by atoms with Crippen LogP contribution in [0.5, 0.6) is 0 Å². The van der Waals surface area contributed by atoms with Crippen molar-refractivity contribution in [2.45, 2.75) is 6.42 Å². The van der Waals surface area contributed by atoms with E-state index in [4.69, 9.17) is 5.11 Å². The van der Waals surface area contributed by atoms with Gasteiger partial charge in [-0.2, -0.15) is 0 Å². The molecule has 2 nitrogen and oxygen atoms in total. The molecule has 2 heteroatoms. The van der Waals surface area contributed by atoms with Gasteiger partial charge in [0.05, 0.1) is 0 Å². The van der Waals surface area contributed by atoms with Crippen LogP contribution < -0.4 is 0 Å². The van der Waals surface area contributed by atoms with Gasteiger partial charge in [0, 0.05) is 19.9 Å². The summed E-state index contributed by atoms with van der Waals surface area (Å²) in [6.45, 7) is 3.75. The van der Waals surface area contributed by atoms with Crippen molar-refractivity contribution in [2.75, 3.05) is 13.7 Å². The van der Waals surface area contributed by atoms with Crippen LogP contribution >= 0.6 is 0 Å². The number of aliphatic hydroxyl groups is 1. The molecule has 0 aliphatic rings. The number of rotatable bonds is 4. The van der Waals surface area contributed by atoms with E-state index >= 15 is 0 Å². The molecule has 0 amide bonds. The van der Waals surface area contributed by atoms with Gasteiger partial charge in [-0.25, -0.2) is 0 Å². The highest BCUT2D eigenvalue weighted by atomic mass is 16.2. The monoisotopic (exact) mass is 139 g/mol. The molecule has 0 aromatic rings. The predicted octanol–water partition coefficient (Wildman–Crippen LogP) is 1.18. The first kappa shape index (κ1) is 9.11. The first-order chi connectivity index (χ1) is 4.85. The maximum Gasteiger partial charge on any atom is 0.0471 e. The molecule has 0 rings (SSSR count). The van der Waals surface area contributed by atoms with Crippen molar-refractivity contribution in [3.8, 4) is 0 Å². The van der Waals surface area contributed by atoms with Gasteiger partial charge in [0.2, 0.25) is 0 Å². The Kier molecular flexibility index (Phi) is 5.68. The molecule has 0 atom stereocenters. The molecule has 0 unspecified atom stereocenters. The van der Waals surface area contributed by atoms with E-state index in [1.54, 1.807) is 19.3 Å². The smallest absolute Gasteiger partial charge is 0.0471 e. The Bertz CT molecular complexity index is 147. The molecule has 0 saturated heterocycles. The second-order valence-electron chi connectivity index (χ2n) is 1.83. The van der Waals surface area contributed by atoms with Gasteiger partial charge in [-0.15, -0.1) is 0 Å². The molecule has 1 N–H and O–H groups in total. The molecule has 0 aromatic heterocycles. The van der Waals surface area contributed by atoms with Crippen molar-refractivity contribution >= 4 is 6.21 Å². The van der Waals surface area contributed by atoms with Crippen LogP contribution in [-0.2, 0) is 0 Å². The minimum absolute atomic E-state index is 0.162. The Balaban J connectivity index is 3.90. The Hall–Kier alpha value is -0.890. The molecule has 0 radical (unpaired) electrons. The number of allylic oxidation sites excluding steroid dienone is 2. The van der Waals surface area contributed by atoms with Crippen LogP contribution in [0.15, 0.2) is 29.3 Å². The van der Waals surface area contributed by atoms with E-state index < -0.39 is 0 Å². The van der Waals surface area contributed by atoms with Crippen molar-refractivity contribution in [3.63, 3.8) is 0 Å². The van der Waals surface area contributed by atoms with Gasteiger partial charge in [0.1, 0.15) is 0 Å². The number of hydrogen-bond acceptors (Lipinski definition) is 2. The molecular weight excluding hydrogens is 126 g/mol. The third-order valence-electron chi connectivity index (χ3n) is 1.10. The molecule has 0 aliphatic carbocycles. The summed E-state index contributed by atoms with van der Waals surface area (Å²) in [4.78, 5) is 3.77. The summed E-state index contributed by atoms with van der Waals surface area (Å²) < 4.78 is 0. The fraction of sp³-hybridized carbons (Fsp3) is 0.375. The fourth-order valence-corrected chi connectivity index (χ4v) is 0.553. The van der Waals surface area contributed by atoms with E-state index in [2.05, 4.69) is 11.6 Å². The molecule has 0 aromatic carbocycles. The lowest BCUT2D eigenvalue weighted by molar-refractivity contribution is 0.300.